The number of hydrogen-bond donors (Lipinski definition) is 2. The van der Waals surface area contributed by atoms with Gasteiger partial charge in [-0.25, -0.2) is 9.37 Å². The zero-order chi connectivity index (χ0) is 23.1. The Bertz CT molecular complexity index is 1330. The van der Waals surface area contributed by atoms with Crippen LogP contribution in [0.3, 0.4) is 0 Å². The molecule has 0 amide bonds. The second-order valence-electron chi connectivity index (χ2n) is 7.89. The number of aryl methyl sites for hydroxylation is 2. The van der Waals surface area contributed by atoms with Crippen molar-refractivity contribution in [1.82, 2.24) is 29.8 Å². The number of nitrogens with one attached hydrogen (secondary N) is 1. The molecule has 2 bridgehead atoms. The minimum atomic E-state index is -0.531. The third-order valence-electron chi connectivity index (χ3n) is 5.74. The first-order valence-electron chi connectivity index (χ1n) is 10.7. The quantitative estimate of drug-likeness (QED) is 0.463. The van der Waals surface area contributed by atoms with Crippen LogP contribution in [0.1, 0.15) is 36.8 Å². The van der Waals surface area contributed by atoms with E-state index in [9.17, 15) is 9.50 Å². The molecule has 10 heteroatoms. The molecule has 0 aliphatic carbocycles. The van der Waals surface area contributed by atoms with Gasteiger partial charge in [0.25, 0.3) is 0 Å². The highest BCUT2D eigenvalue weighted by molar-refractivity contribution is 5.71. The lowest BCUT2D eigenvalue weighted by Gasteiger charge is -2.21. The van der Waals surface area contributed by atoms with E-state index >= 15 is 0 Å². The Balaban J connectivity index is 1.79. The number of nitrogens with zero attached hydrogens (tertiary/aromatic N) is 6. The van der Waals surface area contributed by atoms with E-state index < -0.39 is 6.10 Å². The topological polar surface area (TPSA) is 103 Å². The van der Waals surface area contributed by atoms with Crippen LogP contribution in [0.15, 0.2) is 36.7 Å². The van der Waals surface area contributed by atoms with Gasteiger partial charge in [-0.15, -0.1) is 0 Å². The number of halogens is 1. The highest BCUT2D eigenvalue weighted by Crippen LogP contribution is 2.38. The van der Waals surface area contributed by atoms with Gasteiger partial charge in [-0.1, -0.05) is 0 Å². The first-order valence-corrected chi connectivity index (χ1v) is 10.7. The molecule has 4 aromatic rings. The number of hydrogen-bond acceptors (Lipinski definition) is 7. The zero-order valence-electron chi connectivity index (χ0n) is 18.6. The molecule has 5 rings (SSSR count). The Labute approximate surface area is 189 Å². The molecule has 0 fully saturated rings. The van der Waals surface area contributed by atoms with Crippen molar-refractivity contribution in [2.24, 2.45) is 7.05 Å². The molecule has 0 radical (unpaired) electrons. The van der Waals surface area contributed by atoms with Crippen LogP contribution in [0.2, 0.25) is 0 Å². The van der Waals surface area contributed by atoms with Crippen molar-refractivity contribution in [3.8, 4) is 28.3 Å². The van der Waals surface area contributed by atoms with Crippen molar-refractivity contribution in [1.29, 1.82) is 0 Å². The lowest BCUT2D eigenvalue weighted by Crippen LogP contribution is -2.11. The monoisotopic (exact) mass is 449 g/mol. The summed E-state index contributed by atoms with van der Waals surface area (Å²) < 4.78 is 22.5. The summed E-state index contributed by atoms with van der Waals surface area (Å²) in [6.45, 7) is 4.24. The Hall–Kier alpha value is -3.79. The summed E-state index contributed by atoms with van der Waals surface area (Å²) in [5, 5.41) is 26.0. The smallest absolute Gasteiger partial charge is 0.170 e. The summed E-state index contributed by atoms with van der Waals surface area (Å²) in [6, 6.07) is 6.45. The molecule has 0 saturated heterocycles. The first-order chi connectivity index (χ1) is 16.0. The number of benzene rings is 1. The summed E-state index contributed by atoms with van der Waals surface area (Å²) in [5.74, 6) is 0.472. The standard InChI is InChI=1S/C23H24FN7O2/c1-4-31-22-14(11-27-31)7-19-21(29-30(3)28-19)17-6-5-16(24)9-18(17)13(2)33-20-8-15(22)10-25-23(20)26-12-32/h5-6,8-11,13,32H,4,7,12H2,1-3H3,(H,25,26). The molecule has 4 heterocycles. The second-order valence-corrected chi connectivity index (χ2v) is 7.89. The lowest BCUT2D eigenvalue weighted by molar-refractivity contribution is 0.226. The minimum Gasteiger partial charge on any atom is -0.482 e. The first kappa shape index (κ1) is 21.1. The number of pyridine rings is 1. The molecule has 33 heavy (non-hydrogen) atoms. The van der Waals surface area contributed by atoms with E-state index in [4.69, 9.17) is 4.74 Å². The van der Waals surface area contributed by atoms with E-state index in [1.165, 1.54) is 16.9 Å². The van der Waals surface area contributed by atoms with Gasteiger partial charge in [0.2, 0.25) is 0 Å². The fourth-order valence-electron chi connectivity index (χ4n) is 4.29. The summed E-state index contributed by atoms with van der Waals surface area (Å²) in [7, 11) is 1.77. The Morgan fingerprint density at radius 3 is 2.88 bits per heavy atom. The number of anilines is 1. The molecule has 2 N–H and O–H groups in total. The fourth-order valence-corrected chi connectivity index (χ4v) is 4.29. The highest BCUT2D eigenvalue weighted by atomic mass is 19.1. The third-order valence-corrected chi connectivity index (χ3v) is 5.74. The van der Waals surface area contributed by atoms with E-state index in [1.807, 2.05) is 30.8 Å². The predicted octanol–water partition coefficient (Wildman–Crippen LogP) is 3.31. The van der Waals surface area contributed by atoms with E-state index in [1.54, 1.807) is 19.3 Å². The largest absolute Gasteiger partial charge is 0.482 e. The Kier molecular flexibility index (Phi) is 5.29. The van der Waals surface area contributed by atoms with Gasteiger partial charge in [0.1, 0.15) is 24.3 Å². The third kappa shape index (κ3) is 3.72. The number of aliphatic hydroxyl groups excluding tert-OH is 1. The maximum absolute atomic E-state index is 14.3. The molecule has 1 aliphatic rings. The zero-order valence-corrected chi connectivity index (χ0v) is 18.6. The van der Waals surface area contributed by atoms with Crippen LogP contribution < -0.4 is 10.1 Å². The van der Waals surface area contributed by atoms with Crippen LogP contribution in [0.4, 0.5) is 10.2 Å². The number of fused-ring (bicyclic) bond motifs is 7. The predicted molar refractivity (Wildman–Crippen MR) is 120 cm³/mol. The van der Waals surface area contributed by atoms with Gasteiger partial charge in [-0.05, 0) is 38.1 Å². The van der Waals surface area contributed by atoms with Gasteiger partial charge >= 0.3 is 0 Å². The van der Waals surface area contributed by atoms with Crippen LogP contribution in [-0.2, 0) is 20.0 Å². The van der Waals surface area contributed by atoms with Gasteiger partial charge in [-0.2, -0.15) is 20.1 Å². The van der Waals surface area contributed by atoms with Gasteiger partial charge in [0, 0.05) is 48.5 Å². The fraction of sp³-hybridized carbons (Fsp3) is 0.304. The van der Waals surface area contributed by atoms with Crippen molar-refractivity contribution in [2.75, 3.05) is 12.0 Å². The van der Waals surface area contributed by atoms with Crippen LogP contribution >= 0.6 is 0 Å². The van der Waals surface area contributed by atoms with Crippen LogP contribution in [0.5, 0.6) is 5.75 Å². The second kappa shape index (κ2) is 8.28. The summed E-state index contributed by atoms with van der Waals surface area (Å²) in [5.41, 5.74) is 5.53. The van der Waals surface area contributed by atoms with Gasteiger partial charge in [0.15, 0.2) is 11.6 Å². The molecule has 3 aromatic heterocycles. The molecule has 0 spiro atoms. The van der Waals surface area contributed by atoms with Gasteiger partial charge in [-0.3, -0.25) is 4.68 Å². The number of aromatic nitrogens is 6. The van der Waals surface area contributed by atoms with E-state index in [0.717, 1.165) is 28.1 Å². The lowest BCUT2D eigenvalue weighted by atomic mass is 9.96. The summed E-state index contributed by atoms with van der Waals surface area (Å²) in [4.78, 5) is 6.01. The Morgan fingerprint density at radius 1 is 1.24 bits per heavy atom. The average molecular weight is 449 g/mol. The minimum absolute atomic E-state index is 0.302. The number of ether oxygens (including phenoxy) is 1. The molecule has 1 unspecified atom stereocenters. The number of aliphatic hydroxyl groups is 1. The van der Waals surface area contributed by atoms with Crippen LogP contribution in [-0.4, -0.2) is 41.6 Å². The normalized spacial score (nSPS) is 14.9. The van der Waals surface area contributed by atoms with Crippen molar-refractivity contribution in [3.63, 3.8) is 0 Å². The maximum Gasteiger partial charge on any atom is 0.170 e. The van der Waals surface area contributed by atoms with E-state index in [2.05, 4.69) is 25.6 Å². The molecule has 0 saturated carbocycles. The highest BCUT2D eigenvalue weighted by Gasteiger charge is 2.25. The molecular weight excluding hydrogens is 425 g/mol. The maximum atomic E-state index is 14.3. The van der Waals surface area contributed by atoms with Crippen molar-refractivity contribution >= 4 is 5.82 Å². The van der Waals surface area contributed by atoms with Gasteiger partial charge in [0.05, 0.1) is 17.6 Å². The molecule has 170 valence electrons. The van der Waals surface area contributed by atoms with Crippen LogP contribution in [0.25, 0.3) is 22.5 Å². The van der Waals surface area contributed by atoms with Gasteiger partial charge < -0.3 is 15.2 Å². The van der Waals surface area contributed by atoms with E-state index in [-0.39, 0.29) is 12.5 Å². The molecular formula is C23H24FN7O2. The van der Waals surface area contributed by atoms with Crippen molar-refractivity contribution < 1.29 is 14.2 Å². The molecule has 9 nitrogen and oxygen atoms in total. The average Bonchev–Trinajstić information content (AvgIpc) is 3.37. The van der Waals surface area contributed by atoms with Crippen LogP contribution in [0, 0.1) is 5.82 Å². The van der Waals surface area contributed by atoms with Crippen molar-refractivity contribution in [2.45, 2.75) is 32.9 Å². The van der Waals surface area contributed by atoms with Crippen molar-refractivity contribution in [3.05, 3.63) is 59.3 Å². The summed E-state index contributed by atoms with van der Waals surface area (Å²) >= 11 is 0. The molecule has 1 atom stereocenters. The summed E-state index contributed by atoms with van der Waals surface area (Å²) in [6.07, 6.45) is 3.52. The molecule has 1 aliphatic heterocycles. The van der Waals surface area contributed by atoms with E-state index in [0.29, 0.717) is 35.8 Å². The SMILES string of the molecule is CCn1ncc2c1-c1cnc(NCO)c(c1)OC(C)c1cc(F)ccc1-c1nn(C)nc1C2. The molecule has 1 aromatic carbocycles. The number of rotatable bonds is 3. The Morgan fingerprint density at radius 2 is 2.09 bits per heavy atom.